The van der Waals surface area contributed by atoms with Crippen LogP contribution in [0.15, 0.2) is 40.7 Å². The van der Waals surface area contributed by atoms with Gasteiger partial charge in [-0.3, -0.25) is 9.55 Å². The molecular formula is C15H17N7S2. The molecule has 0 saturated carbocycles. The molecule has 9 heteroatoms. The van der Waals surface area contributed by atoms with Crippen LogP contribution in [0, 0.1) is 0 Å². The Balaban J connectivity index is 1.92. The number of aromatic nitrogens is 7. The molecule has 0 atom stereocenters. The van der Waals surface area contributed by atoms with E-state index in [0.717, 1.165) is 15.3 Å². The topological polar surface area (TPSA) is 82.3 Å². The van der Waals surface area contributed by atoms with Crippen LogP contribution in [0.1, 0.15) is 26.6 Å². The third-order valence-electron chi connectivity index (χ3n) is 3.08. The van der Waals surface area contributed by atoms with Crippen LogP contribution in [0.2, 0.25) is 0 Å². The molecule has 3 heterocycles. The summed E-state index contributed by atoms with van der Waals surface area (Å²) in [6, 6.07) is 0. The van der Waals surface area contributed by atoms with Crippen LogP contribution >= 0.6 is 23.3 Å². The Morgan fingerprint density at radius 1 is 1.29 bits per heavy atom. The van der Waals surface area contributed by atoms with E-state index in [9.17, 15) is 0 Å². The number of hydrogen-bond acceptors (Lipinski definition) is 8. The highest BCUT2D eigenvalue weighted by Crippen LogP contribution is 2.32. The van der Waals surface area contributed by atoms with E-state index in [0.29, 0.717) is 18.1 Å². The highest BCUT2D eigenvalue weighted by atomic mass is 32.2. The first-order valence-electron chi connectivity index (χ1n) is 7.31. The maximum Gasteiger partial charge on any atom is 0.198 e. The second-order valence-corrected chi connectivity index (χ2v) is 8.00. The van der Waals surface area contributed by atoms with Crippen molar-refractivity contribution in [1.82, 2.24) is 34.1 Å². The Morgan fingerprint density at radius 3 is 2.75 bits per heavy atom. The van der Waals surface area contributed by atoms with E-state index in [2.05, 4.69) is 56.9 Å². The lowest BCUT2D eigenvalue weighted by Gasteiger charge is -2.12. The summed E-state index contributed by atoms with van der Waals surface area (Å²) >= 11 is 2.81. The average molecular weight is 359 g/mol. The van der Waals surface area contributed by atoms with Crippen molar-refractivity contribution in [1.29, 1.82) is 0 Å². The van der Waals surface area contributed by atoms with Crippen molar-refractivity contribution in [3.05, 3.63) is 37.1 Å². The van der Waals surface area contributed by atoms with Gasteiger partial charge in [0.1, 0.15) is 11.5 Å². The molecule has 0 N–H and O–H groups in total. The summed E-state index contributed by atoms with van der Waals surface area (Å²) in [5.74, 6) is 1.49. The van der Waals surface area contributed by atoms with Crippen LogP contribution in [0.5, 0.6) is 0 Å². The number of rotatable bonds is 5. The van der Waals surface area contributed by atoms with Gasteiger partial charge in [0.2, 0.25) is 0 Å². The van der Waals surface area contributed by atoms with Crippen molar-refractivity contribution >= 4 is 23.3 Å². The van der Waals surface area contributed by atoms with Gasteiger partial charge in [0.15, 0.2) is 15.3 Å². The number of allylic oxidation sites excluding steroid dienone is 1. The third-order valence-corrected chi connectivity index (χ3v) is 4.81. The van der Waals surface area contributed by atoms with Crippen molar-refractivity contribution < 1.29 is 0 Å². The fourth-order valence-corrected chi connectivity index (χ4v) is 3.63. The lowest BCUT2D eigenvalue weighted by Crippen LogP contribution is -2.12. The monoisotopic (exact) mass is 359 g/mol. The van der Waals surface area contributed by atoms with Crippen LogP contribution in [-0.4, -0.2) is 34.1 Å². The number of nitrogens with zero attached hydrogens (tertiary/aromatic N) is 7. The molecule has 0 saturated heterocycles. The van der Waals surface area contributed by atoms with Crippen LogP contribution in [-0.2, 0) is 12.0 Å². The van der Waals surface area contributed by atoms with E-state index >= 15 is 0 Å². The highest BCUT2D eigenvalue weighted by Gasteiger charge is 2.22. The molecule has 24 heavy (non-hydrogen) atoms. The Labute approximate surface area is 148 Å². The van der Waals surface area contributed by atoms with Gasteiger partial charge >= 0.3 is 0 Å². The van der Waals surface area contributed by atoms with Crippen LogP contribution in [0.25, 0.3) is 11.5 Å². The Hall–Kier alpha value is -2.13. The van der Waals surface area contributed by atoms with E-state index in [4.69, 9.17) is 0 Å². The van der Waals surface area contributed by atoms with E-state index in [1.165, 1.54) is 23.3 Å². The molecule has 3 aromatic heterocycles. The molecule has 0 bridgehead atoms. The van der Waals surface area contributed by atoms with E-state index < -0.39 is 0 Å². The Morgan fingerprint density at radius 2 is 2.12 bits per heavy atom. The van der Waals surface area contributed by atoms with Crippen LogP contribution < -0.4 is 0 Å². The van der Waals surface area contributed by atoms with Crippen LogP contribution in [0.4, 0.5) is 0 Å². The van der Waals surface area contributed by atoms with E-state index in [-0.39, 0.29) is 5.41 Å². The average Bonchev–Trinajstić information content (AvgIpc) is 3.17. The molecule has 0 unspecified atom stereocenters. The van der Waals surface area contributed by atoms with Gasteiger partial charge in [-0.05, 0) is 23.3 Å². The summed E-state index contributed by atoms with van der Waals surface area (Å²) in [4.78, 5) is 13.0. The van der Waals surface area contributed by atoms with Crippen LogP contribution in [0.3, 0.4) is 0 Å². The Kier molecular flexibility index (Phi) is 4.72. The summed E-state index contributed by atoms with van der Waals surface area (Å²) in [6.07, 6.45) is 6.73. The highest BCUT2D eigenvalue weighted by molar-refractivity contribution is 8.00. The largest absolute Gasteiger partial charge is 0.296 e. The molecule has 0 spiro atoms. The predicted molar refractivity (Wildman–Crippen MR) is 94.0 cm³/mol. The zero-order valence-corrected chi connectivity index (χ0v) is 15.3. The molecule has 0 amide bonds. The smallest absolute Gasteiger partial charge is 0.198 e. The van der Waals surface area contributed by atoms with Gasteiger partial charge in [-0.2, -0.15) is 4.37 Å². The quantitative estimate of drug-likeness (QED) is 0.647. The van der Waals surface area contributed by atoms with Gasteiger partial charge in [0.25, 0.3) is 0 Å². The molecule has 0 radical (unpaired) electrons. The molecule has 0 aliphatic heterocycles. The van der Waals surface area contributed by atoms with Crippen molar-refractivity contribution in [2.24, 2.45) is 0 Å². The molecule has 3 rings (SSSR count). The van der Waals surface area contributed by atoms with Crippen molar-refractivity contribution in [3.8, 4) is 11.5 Å². The summed E-state index contributed by atoms with van der Waals surface area (Å²) in [6.45, 7) is 10.7. The molecule has 0 aromatic carbocycles. The minimum Gasteiger partial charge on any atom is -0.296 e. The maximum atomic E-state index is 4.60. The lowest BCUT2D eigenvalue weighted by molar-refractivity contribution is 0.551. The van der Waals surface area contributed by atoms with Crippen molar-refractivity contribution in [3.63, 3.8) is 0 Å². The first-order valence-corrected chi connectivity index (χ1v) is 8.90. The minimum absolute atomic E-state index is 0.0745. The summed E-state index contributed by atoms with van der Waals surface area (Å²) < 4.78 is 7.21. The Bertz CT molecular complexity index is 833. The molecule has 0 fully saturated rings. The van der Waals surface area contributed by atoms with E-state index in [1.807, 2.05) is 4.57 Å². The standard InChI is InChI=1S/C15H17N7S2/c1-5-8-22-11(10-9-16-6-7-17-10)19-20-13(22)23-14-18-12(21-24-14)15(2,3)4/h5-7,9H,1,8H2,2-4H3. The molecule has 0 aliphatic rings. The van der Waals surface area contributed by atoms with Gasteiger partial charge in [0, 0.05) is 24.4 Å². The van der Waals surface area contributed by atoms with Gasteiger partial charge in [-0.15, -0.1) is 16.8 Å². The minimum atomic E-state index is -0.0745. The van der Waals surface area contributed by atoms with Gasteiger partial charge in [0.05, 0.1) is 6.20 Å². The zero-order chi connectivity index (χ0) is 17.2. The number of hydrogen-bond donors (Lipinski definition) is 0. The molecule has 3 aromatic rings. The second kappa shape index (κ2) is 6.78. The predicted octanol–water partition coefficient (Wildman–Crippen LogP) is 3.22. The van der Waals surface area contributed by atoms with E-state index in [1.54, 1.807) is 24.7 Å². The van der Waals surface area contributed by atoms with Gasteiger partial charge in [-0.25, -0.2) is 9.97 Å². The van der Waals surface area contributed by atoms with Gasteiger partial charge < -0.3 is 0 Å². The summed E-state index contributed by atoms with van der Waals surface area (Å²) in [5.41, 5.74) is 0.598. The summed E-state index contributed by atoms with van der Waals surface area (Å²) in [5, 5.41) is 9.26. The maximum absolute atomic E-state index is 4.60. The third kappa shape index (κ3) is 3.51. The molecule has 0 aliphatic carbocycles. The summed E-state index contributed by atoms with van der Waals surface area (Å²) in [7, 11) is 0. The second-order valence-electron chi connectivity index (χ2n) is 6.03. The molecular weight excluding hydrogens is 342 g/mol. The fraction of sp³-hybridized carbons (Fsp3) is 0.333. The SMILES string of the molecule is C=CCn1c(Sc2nc(C(C)(C)C)ns2)nnc1-c1cnccn1. The molecule has 7 nitrogen and oxygen atoms in total. The van der Waals surface area contributed by atoms with Crippen molar-refractivity contribution in [2.75, 3.05) is 0 Å². The molecule has 124 valence electrons. The first-order chi connectivity index (χ1) is 11.5. The van der Waals surface area contributed by atoms with Crippen molar-refractivity contribution in [2.45, 2.75) is 42.2 Å². The normalized spacial score (nSPS) is 11.6. The lowest BCUT2D eigenvalue weighted by atomic mass is 9.96. The fourth-order valence-electron chi connectivity index (χ4n) is 1.90. The zero-order valence-electron chi connectivity index (χ0n) is 13.7. The first kappa shape index (κ1) is 16.7. The van der Waals surface area contributed by atoms with Gasteiger partial charge in [-0.1, -0.05) is 26.8 Å².